The van der Waals surface area contributed by atoms with E-state index in [1.807, 2.05) is 0 Å². The first-order valence-electron chi connectivity index (χ1n) is 4.51. The zero-order valence-corrected chi connectivity index (χ0v) is 9.59. The van der Waals surface area contributed by atoms with Crippen LogP contribution in [0.15, 0.2) is 23.3 Å². The van der Waals surface area contributed by atoms with Crippen molar-refractivity contribution in [2.75, 3.05) is 7.11 Å². The van der Waals surface area contributed by atoms with Gasteiger partial charge in [0.05, 0.1) is 23.9 Å². The standard InChI is InChI=1S/C9H7N3O4.N3/c1-16-9(15)6-3-2-5(8(13)14)4-7(6)11-12-10;1-3-2/h2-4H,1H3,(H,13,14);/q;-1. The normalized spacial score (nSPS) is 8.05. The van der Waals surface area contributed by atoms with Gasteiger partial charge in [0.2, 0.25) is 0 Å². The summed E-state index contributed by atoms with van der Waals surface area (Å²) in [5.41, 5.74) is 21.7. The second kappa shape index (κ2) is 7.96. The quantitative estimate of drug-likeness (QED) is 0.382. The molecule has 1 aromatic carbocycles. The summed E-state index contributed by atoms with van der Waals surface area (Å²) in [6.07, 6.45) is 0. The summed E-state index contributed by atoms with van der Waals surface area (Å²) in [6.45, 7) is 0. The van der Waals surface area contributed by atoms with Crippen LogP contribution in [0.5, 0.6) is 0 Å². The van der Waals surface area contributed by atoms with Crippen LogP contribution < -0.4 is 0 Å². The van der Waals surface area contributed by atoms with Crippen molar-refractivity contribution >= 4 is 17.6 Å². The van der Waals surface area contributed by atoms with E-state index in [1.165, 1.54) is 24.2 Å². The maximum absolute atomic E-state index is 11.2. The van der Waals surface area contributed by atoms with Crippen LogP contribution in [-0.4, -0.2) is 24.2 Å². The largest absolute Gasteiger partial charge is 0.478 e. The fourth-order valence-electron chi connectivity index (χ4n) is 1.08. The van der Waals surface area contributed by atoms with Crippen molar-refractivity contribution in [3.63, 3.8) is 0 Å². The summed E-state index contributed by atoms with van der Waals surface area (Å²) >= 11 is 0. The van der Waals surface area contributed by atoms with Crippen molar-refractivity contribution in [2.24, 2.45) is 5.11 Å². The molecule has 0 aliphatic heterocycles. The van der Waals surface area contributed by atoms with Gasteiger partial charge in [-0.2, -0.15) is 0 Å². The number of benzene rings is 1. The molecule has 0 fully saturated rings. The Morgan fingerprint density at radius 3 is 2.32 bits per heavy atom. The fourth-order valence-corrected chi connectivity index (χ4v) is 1.08. The molecule has 1 rings (SSSR count). The van der Waals surface area contributed by atoms with E-state index in [4.69, 9.17) is 21.7 Å². The Kier molecular flexibility index (Phi) is 6.61. The van der Waals surface area contributed by atoms with Gasteiger partial charge >= 0.3 is 11.9 Å². The van der Waals surface area contributed by atoms with Gasteiger partial charge in [0, 0.05) is 4.91 Å². The summed E-state index contributed by atoms with van der Waals surface area (Å²) in [5, 5.41) is 11.9. The van der Waals surface area contributed by atoms with Crippen molar-refractivity contribution in [1.82, 2.24) is 0 Å². The number of esters is 1. The lowest BCUT2D eigenvalue weighted by Crippen LogP contribution is -2.03. The molecule has 0 spiro atoms. The molecule has 10 heteroatoms. The molecule has 0 aliphatic carbocycles. The van der Waals surface area contributed by atoms with Crippen LogP contribution in [0.2, 0.25) is 0 Å². The van der Waals surface area contributed by atoms with E-state index < -0.39 is 11.9 Å². The number of carbonyl (C=O) groups excluding carboxylic acids is 1. The molecule has 0 unspecified atom stereocenters. The van der Waals surface area contributed by atoms with E-state index in [0.29, 0.717) is 0 Å². The summed E-state index contributed by atoms with van der Waals surface area (Å²) in [5.74, 6) is -1.87. The SMILES string of the molecule is COC(=O)c1ccc(C(=O)O)cc1N=[N+]=[N-].[N-]=[N+]=[N-]. The zero-order valence-electron chi connectivity index (χ0n) is 9.59. The number of nitrogens with zero attached hydrogens (tertiary/aromatic N) is 6. The highest BCUT2D eigenvalue weighted by Crippen LogP contribution is 2.22. The van der Waals surface area contributed by atoms with Gasteiger partial charge in [-0.05, 0) is 23.7 Å². The van der Waals surface area contributed by atoms with Gasteiger partial charge in [0.1, 0.15) is 0 Å². The maximum atomic E-state index is 11.2. The van der Waals surface area contributed by atoms with Crippen LogP contribution in [0.3, 0.4) is 0 Å². The van der Waals surface area contributed by atoms with E-state index in [-0.39, 0.29) is 16.8 Å². The monoisotopic (exact) mass is 263 g/mol. The number of hydrogen-bond acceptors (Lipinski definition) is 4. The molecular weight excluding hydrogens is 256 g/mol. The van der Waals surface area contributed by atoms with Crippen LogP contribution in [0.4, 0.5) is 5.69 Å². The minimum Gasteiger partial charge on any atom is -0.478 e. The number of rotatable bonds is 3. The van der Waals surface area contributed by atoms with Gasteiger partial charge in [0.15, 0.2) is 0 Å². The topological polar surface area (TPSA) is 171 Å². The molecule has 0 aromatic heterocycles. The highest BCUT2D eigenvalue weighted by molar-refractivity contribution is 5.97. The molecule has 0 amide bonds. The van der Waals surface area contributed by atoms with Gasteiger partial charge in [-0.15, -0.1) is 0 Å². The third kappa shape index (κ3) is 4.65. The van der Waals surface area contributed by atoms with Crippen LogP contribution in [0.1, 0.15) is 20.7 Å². The molecule has 0 aliphatic rings. The van der Waals surface area contributed by atoms with Crippen molar-refractivity contribution in [3.8, 4) is 0 Å². The Morgan fingerprint density at radius 2 is 1.89 bits per heavy atom. The number of hydrogen-bond donors (Lipinski definition) is 1. The first-order valence-corrected chi connectivity index (χ1v) is 4.51. The van der Waals surface area contributed by atoms with E-state index in [1.54, 1.807) is 0 Å². The molecule has 0 atom stereocenters. The lowest BCUT2D eigenvalue weighted by Gasteiger charge is -2.03. The van der Waals surface area contributed by atoms with E-state index in [0.717, 1.165) is 6.07 Å². The molecule has 0 heterocycles. The number of ether oxygens (including phenoxy) is 1. The Hall–Kier alpha value is -3.22. The second-order valence-electron chi connectivity index (χ2n) is 2.81. The second-order valence-corrected chi connectivity index (χ2v) is 2.81. The van der Waals surface area contributed by atoms with E-state index in [2.05, 4.69) is 14.8 Å². The van der Waals surface area contributed by atoms with Crippen LogP contribution in [0, 0.1) is 0 Å². The van der Waals surface area contributed by atoms with Crippen LogP contribution >= 0.6 is 0 Å². The lowest BCUT2D eigenvalue weighted by atomic mass is 10.1. The number of methoxy groups -OCH3 is 1. The summed E-state index contributed by atoms with van der Waals surface area (Å²) in [7, 11) is 1.17. The number of aromatic carboxylic acids is 1. The zero-order chi connectivity index (χ0) is 14.8. The predicted molar refractivity (Wildman–Crippen MR) is 63.6 cm³/mol. The molecule has 10 nitrogen and oxygen atoms in total. The molecule has 1 aromatic rings. The fraction of sp³-hybridized carbons (Fsp3) is 0.111. The minimum atomic E-state index is -1.18. The van der Waals surface area contributed by atoms with Gasteiger partial charge < -0.3 is 20.9 Å². The Morgan fingerprint density at radius 1 is 1.32 bits per heavy atom. The molecule has 0 bridgehead atoms. The van der Waals surface area contributed by atoms with E-state index >= 15 is 0 Å². The summed E-state index contributed by atoms with van der Waals surface area (Å²) in [6, 6.07) is 3.57. The van der Waals surface area contributed by atoms with Gasteiger partial charge in [-0.25, -0.2) is 9.59 Å². The van der Waals surface area contributed by atoms with Crippen molar-refractivity contribution in [1.29, 1.82) is 0 Å². The third-order valence-corrected chi connectivity index (χ3v) is 1.80. The number of carbonyl (C=O) groups is 2. The highest BCUT2D eigenvalue weighted by atomic mass is 16.5. The summed E-state index contributed by atoms with van der Waals surface area (Å²) in [4.78, 5) is 25.9. The average molecular weight is 263 g/mol. The Bertz CT molecular complexity index is 572. The summed E-state index contributed by atoms with van der Waals surface area (Å²) < 4.78 is 4.45. The predicted octanol–water partition coefficient (Wildman–Crippen LogP) is 2.98. The first kappa shape index (κ1) is 15.8. The van der Waals surface area contributed by atoms with Crippen molar-refractivity contribution in [3.05, 3.63) is 55.7 Å². The van der Waals surface area contributed by atoms with E-state index in [9.17, 15) is 9.59 Å². The van der Waals surface area contributed by atoms with Crippen LogP contribution in [-0.2, 0) is 4.74 Å². The molecule has 0 radical (unpaired) electrons. The van der Waals surface area contributed by atoms with Crippen molar-refractivity contribution in [2.45, 2.75) is 0 Å². The van der Waals surface area contributed by atoms with Gasteiger partial charge in [0.25, 0.3) is 0 Å². The van der Waals surface area contributed by atoms with Gasteiger partial charge in [-0.1, -0.05) is 5.11 Å². The minimum absolute atomic E-state index is 0.0188. The maximum Gasteiger partial charge on any atom is 0.338 e. The third-order valence-electron chi connectivity index (χ3n) is 1.80. The van der Waals surface area contributed by atoms with Crippen molar-refractivity contribution < 1.29 is 19.4 Å². The molecule has 19 heavy (non-hydrogen) atoms. The number of carboxylic acid groups (broad SMARTS) is 1. The van der Waals surface area contributed by atoms with Crippen LogP contribution in [0.25, 0.3) is 26.4 Å². The average Bonchev–Trinajstić information content (AvgIpc) is 2.39. The first-order chi connectivity index (χ1) is 9.01. The highest BCUT2D eigenvalue weighted by Gasteiger charge is 2.13. The molecule has 0 saturated carbocycles. The Labute approximate surface area is 106 Å². The Balaban J connectivity index is 0.000000982. The number of azide groups is 1. The van der Waals surface area contributed by atoms with Gasteiger partial charge in [-0.3, -0.25) is 4.91 Å². The molecule has 1 N–H and O–H groups in total. The molecule has 0 saturated heterocycles. The lowest BCUT2D eigenvalue weighted by molar-refractivity contribution is 0.0599. The number of carboxylic acids is 1. The smallest absolute Gasteiger partial charge is 0.338 e. The molecular formula is C9H7N6O4-. The molecule has 98 valence electrons.